The number of hydrogen-bond donors (Lipinski definition) is 0. The first kappa shape index (κ1) is 14.7. The fourth-order valence-corrected chi connectivity index (χ4v) is 1.97. The van der Waals surface area contributed by atoms with Crippen molar-refractivity contribution in [2.75, 3.05) is 6.61 Å². The van der Waals surface area contributed by atoms with Gasteiger partial charge in [0.25, 0.3) is 0 Å². The minimum absolute atomic E-state index is 0.105. The Morgan fingerprint density at radius 3 is 2.50 bits per heavy atom. The molecule has 0 atom stereocenters. The van der Waals surface area contributed by atoms with Crippen molar-refractivity contribution in [2.24, 2.45) is 0 Å². The lowest BCUT2D eigenvalue weighted by molar-refractivity contribution is 0.0921. The quantitative estimate of drug-likeness (QED) is 0.756. The van der Waals surface area contributed by atoms with Gasteiger partial charge in [0.05, 0.1) is 4.47 Å². The van der Waals surface area contributed by atoms with Gasteiger partial charge >= 0.3 is 0 Å². The molecule has 0 aliphatic rings. The maximum Gasteiger partial charge on any atom is 0.200 e. The molecule has 2 aromatic carbocycles. The van der Waals surface area contributed by atoms with Crippen molar-refractivity contribution < 1.29 is 13.9 Å². The molecule has 0 bridgehead atoms. The molecule has 0 saturated heterocycles. The van der Waals surface area contributed by atoms with Crippen molar-refractivity contribution >= 4 is 21.7 Å². The van der Waals surface area contributed by atoms with Gasteiger partial charge in [0.15, 0.2) is 12.4 Å². The third-order valence-corrected chi connectivity index (χ3v) is 3.59. The Morgan fingerprint density at radius 1 is 1.20 bits per heavy atom. The van der Waals surface area contributed by atoms with Gasteiger partial charge in [-0.25, -0.2) is 4.39 Å². The van der Waals surface area contributed by atoms with Gasteiger partial charge in [-0.3, -0.25) is 4.79 Å². The first-order valence-corrected chi connectivity index (χ1v) is 7.09. The van der Waals surface area contributed by atoms with E-state index in [1.54, 1.807) is 24.3 Å². The summed E-state index contributed by atoms with van der Waals surface area (Å²) in [4.78, 5) is 11.9. The molecule has 20 heavy (non-hydrogen) atoms. The van der Waals surface area contributed by atoms with Gasteiger partial charge in [0.2, 0.25) is 0 Å². The summed E-state index contributed by atoms with van der Waals surface area (Å²) < 4.78 is 19.0. The molecule has 0 fully saturated rings. The largest absolute Gasteiger partial charge is 0.485 e. The van der Waals surface area contributed by atoms with Gasteiger partial charge in [0, 0.05) is 11.6 Å². The Hall–Kier alpha value is -1.68. The summed E-state index contributed by atoms with van der Waals surface area (Å²) in [5, 5.41) is 0. The lowest BCUT2D eigenvalue weighted by Gasteiger charge is -2.06. The van der Waals surface area contributed by atoms with E-state index < -0.39 is 5.82 Å². The zero-order chi connectivity index (χ0) is 14.5. The summed E-state index contributed by atoms with van der Waals surface area (Å²) >= 11 is 3.06. The van der Waals surface area contributed by atoms with E-state index in [1.165, 1.54) is 11.6 Å². The van der Waals surface area contributed by atoms with Crippen molar-refractivity contribution in [1.82, 2.24) is 0 Å². The number of rotatable bonds is 5. The number of aryl methyl sites for hydroxylation is 1. The highest BCUT2D eigenvalue weighted by molar-refractivity contribution is 9.10. The molecule has 0 aliphatic carbocycles. The average molecular weight is 337 g/mol. The molecule has 2 nitrogen and oxygen atoms in total. The molecular weight excluding hydrogens is 323 g/mol. The summed E-state index contributed by atoms with van der Waals surface area (Å²) in [6, 6.07) is 11.8. The minimum Gasteiger partial charge on any atom is -0.485 e. The second-order valence-electron chi connectivity index (χ2n) is 4.34. The Balaban J connectivity index is 1.98. The topological polar surface area (TPSA) is 26.3 Å². The Labute approximate surface area is 125 Å². The average Bonchev–Trinajstić information content (AvgIpc) is 2.48. The number of Topliss-reactive ketones (excluding diaryl/α,β-unsaturated/α-hetero) is 1. The van der Waals surface area contributed by atoms with Gasteiger partial charge in [-0.15, -0.1) is 0 Å². The van der Waals surface area contributed by atoms with Crippen molar-refractivity contribution in [3.63, 3.8) is 0 Å². The molecule has 2 rings (SSSR count). The van der Waals surface area contributed by atoms with Crippen LogP contribution in [0.15, 0.2) is 46.9 Å². The fourth-order valence-electron chi connectivity index (χ4n) is 1.73. The summed E-state index contributed by atoms with van der Waals surface area (Å²) in [6.45, 7) is 1.95. The number of ether oxygens (including phenoxy) is 1. The molecule has 0 aliphatic heterocycles. The van der Waals surface area contributed by atoms with E-state index in [0.29, 0.717) is 15.8 Å². The number of halogens is 2. The van der Waals surface area contributed by atoms with Crippen molar-refractivity contribution in [1.29, 1.82) is 0 Å². The molecule has 0 amide bonds. The normalized spacial score (nSPS) is 10.3. The Morgan fingerprint density at radius 2 is 1.90 bits per heavy atom. The van der Waals surface area contributed by atoms with E-state index in [9.17, 15) is 9.18 Å². The fraction of sp³-hybridized carbons (Fsp3) is 0.188. The van der Waals surface area contributed by atoms with E-state index in [0.717, 1.165) is 6.42 Å². The highest BCUT2D eigenvalue weighted by Crippen LogP contribution is 2.21. The van der Waals surface area contributed by atoms with Crippen molar-refractivity contribution in [3.8, 4) is 5.75 Å². The number of ketones is 1. The molecule has 0 spiro atoms. The first-order chi connectivity index (χ1) is 9.60. The summed E-state index contributed by atoms with van der Waals surface area (Å²) in [7, 11) is 0. The standard InChI is InChI=1S/C16H14BrFO2/c1-2-11-3-5-12(6-4-11)16(19)10-20-13-7-8-14(17)15(18)9-13/h3-9H,2,10H2,1H3. The lowest BCUT2D eigenvalue weighted by Crippen LogP contribution is -2.11. The van der Waals surface area contributed by atoms with Crippen LogP contribution in [0.4, 0.5) is 4.39 Å². The second-order valence-corrected chi connectivity index (χ2v) is 5.19. The van der Waals surface area contributed by atoms with Crippen LogP contribution in [-0.2, 0) is 6.42 Å². The van der Waals surface area contributed by atoms with Crippen LogP contribution < -0.4 is 4.74 Å². The molecule has 0 heterocycles. The SMILES string of the molecule is CCc1ccc(C(=O)COc2ccc(Br)c(F)c2)cc1. The highest BCUT2D eigenvalue weighted by Gasteiger charge is 2.08. The van der Waals surface area contributed by atoms with Gasteiger partial charge < -0.3 is 4.74 Å². The summed E-state index contributed by atoms with van der Waals surface area (Å²) in [5.74, 6) is -0.206. The number of carbonyl (C=O) groups excluding carboxylic acids is 1. The molecular formula is C16H14BrFO2. The van der Waals surface area contributed by atoms with E-state index in [2.05, 4.69) is 22.9 Å². The van der Waals surface area contributed by atoms with Crippen LogP contribution in [0.5, 0.6) is 5.75 Å². The van der Waals surface area contributed by atoms with Crippen molar-refractivity contribution in [2.45, 2.75) is 13.3 Å². The van der Waals surface area contributed by atoms with E-state index >= 15 is 0 Å². The third-order valence-electron chi connectivity index (χ3n) is 2.95. The zero-order valence-electron chi connectivity index (χ0n) is 11.0. The molecule has 0 unspecified atom stereocenters. The van der Waals surface area contributed by atoms with Gasteiger partial charge in [-0.05, 0) is 40.0 Å². The predicted octanol–water partition coefficient (Wildman–Crippen LogP) is 4.41. The van der Waals surface area contributed by atoms with Crippen LogP contribution in [0.3, 0.4) is 0 Å². The lowest BCUT2D eigenvalue weighted by atomic mass is 10.1. The van der Waals surface area contributed by atoms with Crippen LogP contribution in [-0.4, -0.2) is 12.4 Å². The van der Waals surface area contributed by atoms with E-state index in [-0.39, 0.29) is 12.4 Å². The molecule has 104 valence electrons. The summed E-state index contributed by atoms with van der Waals surface area (Å²) in [6.07, 6.45) is 0.934. The number of benzene rings is 2. The van der Waals surface area contributed by atoms with Gasteiger partial charge in [-0.2, -0.15) is 0 Å². The Bertz CT molecular complexity index is 608. The summed E-state index contributed by atoms with van der Waals surface area (Å²) in [5.41, 5.74) is 1.78. The minimum atomic E-state index is -0.415. The molecule has 4 heteroatoms. The molecule has 2 aromatic rings. The Kier molecular flexibility index (Phi) is 4.90. The van der Waals surface area contributed by atoms with Crippen LogP contribution >= 0.6 is 15.9 Å². The van der Waals surface area contributed by atoms with E-state index in [1.807, 2.05) is 12.1 Å². The van der Waals surface area contributed by atoms with Crippen LogP contribution in [0.25, 0.3) is 0 Å². The maximum atomic E-state index is 13.3. The second kappa shape index (κ2) is 6.66. The molecule has 0 radical (unpaired) electrons. The smallest absolute Gasteiger partial charge is 0.200 e. The van der Waals surface area contributed by atoms with Gasteiger partial charge in [-0.1, -0.05) is 31.2 Å². The number of carbonyl (C=O) groups is 1. The van der Waals surface area contributed by atoms with Crippen LogP contribution in [0, 0.1) is 5.82 Å². The highest BCUT2D eigenvalue weighted by atomic mass is 79.9. The molecule has 0 aromatic heterocycles. The predicted molar refractivity (Wildman–Crippen MR) is 79.7 cm³/mol. The number of hydrogen-bond acceptors (Lipinski definition) is 2. The van der Waals surface area contributed by atoms with E-state index in [4.69, 9.17) is 4.74 Å². The first-order valence-electron chi connectivity index (χ1n) is 6.30. The van der Waals surface area contributed by atoms with Crippen LogP contribution in [0.2, 0.25) is 0 Å². The molecule has 0 saturated carbocycles. The molecule has 0 N–H and O–H groups in total. The third kappa shape index (κ3) is 3.67. The van der Waals surface area contributed by atoms with Crippen molar-refractivity contribution in [3.05, 3.63) is 63.9 Å². The zero-order valence-corrected chi connectivity index (χ0v) is 12.6. The monoisotopic (exact) mass is 336 g/mol. The maximum absolute atomic E-state index is 13.3. The van der Waals surface area contributed by atoms with Crippen LogP contribution in [0.1, 0.15) is 22.8 Å². The van der Waals surface area contributed by atoms with Gasteiger partial charge in [0.1, 0.15) is 11.6 Å².